The number of rotatable bonds is 6. The number of nitrogens with one attached hydrogen (secondary N) is 1. The number of amides is 1. The predicted molar refractivity (Wildman–Crippen MR) is 97.3 cm³/mol. The standard InChI is InChI=1S/C19H26N4O2/c1-13(2)12-14-16(19(14,3)4)17(24)20-9-7-11-23-18(25)22-10-6-5-8-15(22)21-23/h5-6,8,10,12,14,16H,7,9,11H2,1-4H3,(H,20,24)/t14-,16-/m0/s1. The van der Waals surface area contributed by atoms with Crippen molar-refractivity contribution in [2.75, 3.05) is 6.54 Å². The molecule has 3 rings (SSSR count). The zero-order chi connectivity index (χ0) is 18.2. The van der Waals surface area contributed by atoms with E-state index in [0.29, 0.717) is 31.1 Å². The number of carbonyl (C=O) groups excluding carboxylic acids is 1. The molecule has 0 spiro atoms. The van der Waals surface area contributed by atoms with Gasteiger partial charge in [0.05, 0.1) is 5.92 Å². The summed E-state index contributed by atoms with van der Waals surface area (Å²) < 4.78 is 2.98. The van der Waals surface area contributed by atoms with E-state index < -0.39 is 0 Å². The first-order valence-electron chi connectivity index (χ1n) is 8.79. The molecule has 0 aliphatic heterocycles. The number of aromatic nitrogens is 3. The fourth-order valence-corrected chi connectivity index (χ4v) is 3.51. The van der Waals surface area contributed by atoms with Crippen LogP contribution in [-0.2, 0) is 11.3 Å². The summed E-state index contributed by atoms with van der Waals surface area (Å²) in [5.41, 5.74) is 1.77. The molecule has 25 heavy (non-hydrogen) atoms. The molecule has 1 amide bonds. The number of hydrogen-bond donors (Lipinski definition) is 1. The van der Waals surface area contributed by atoms with Crippen LogP contribution >= 0.6 is 0 Å². The van der Waals surface area contributed by atoms with Crippen LogP contribution in [0.2, 0.25) is 0 Å². The Morgan fingerprint density at radius 1 is 1.36 bits per heavy atom. The Bertz CT molecular complexity index is 871. The molecular weight excluding hydrogens is 316 g/mol. The van der Waals surface area contributed by atoms with Crippen LogP contribution in [0.25, 0.3) is 5.65 Å². The van der Waals surface area contributed by atoms with E-state index in [-0.39, 0.29) is 22.9 Å². The third-order valence-electron chi connectivity index (χ3n) is 5.04. The molecule has 0 aromatic carbocycles. The zero-order valence-electron chi connectivity index (χ0n) is 15.3. The summed E-state index contributed by atoms with van der Waals surface area (Å²) >= 11 is 0. The van der Waals surface area contributed by atoms with Gasteiger partial charge in [0, 0.05) is 19.3 Å². The average molecular weight is 342 g/mol. The van der Waals surface area contributed by atoms with Gasteiger partial charge in [0.25, 0.3) is 0 Å². The van der Waals surface area contributed by atoms with Crippen molar-refractivity contribution in [3.63, 3.8) is 0 Å². The van der Waals surface area contributed by atoms with E-state index in [1.807, 2.05) is 6.07 Å². The van der Waals surface area contributed by atoms with Crippen LogP contribution in [0, 0.1) is 17.3 Å². The van der Waals surface area contributed by atoms with Crippen molar-refractivity contribution in [2.24, 2.45) is 17.3 Å². The number of pyridine rings is 1. The van der Waals surface area contributed by atoms with E-state index in [1.165, 1.54) is 14.7 Å². The van der Waals surface area contributed by atoms with Gasteiger partial charge in [-0.05, 0) is 43.7 Å². The van der Waals surface area contributed by atoms with Gasteiger partial charge in [-0.2, -0.15) is 0 Å². The average Bonchev–Trinajstić information content (AvgIpc) is 2.93. The molecule has 1 aliphatic rings. The third-order valence-corrected chi connectivity index (χ3v) is 5.04. The van der Waals surface area contributed by atoms with Crippen molar-refractivity contribution in [1.29, 1.82) is 0 Å². The predicted octanol–water partition coefficient (Wildman–Crippen LogP) is 2.24. The lowest BCUT2D eigenvalue weighted by atomic mass is 10.1. The first-order chi connectivity index (χ1) is 11.8. The number of carbonyl (C=O) groups is 1. The maximum Gasteiger partial charge on any atom is 0.350 e. The fourth-order valence-electron chi connectivity index (χ4n) is 3.51. The van der Waals surface area contributed by atoms with Crippen molar-refractivity contribution in [1.82, 2.24) is 19.5 Å². The molecule has 2 aromatic rings. The summed E-state index contributed by atoms with van der Waals surface area (Å²) in [6.07, 6.45) is 4.58. The molecule has 0 unspecified atom stereocenters. The Labute approximate surface area is 147 Å². The third kappa shape index (κ3) is 3.38. The van der Waals surface area contributed by atoms with Crippen LogP contribution in [-0.4, -0.2) is 26.6 Å². The van der Waals surface area contributed by atoms with Gasteiger partial charge in [-0.25, -0.2) is 9.48 Å². The van der Waals surface area contributed by atoms with Crippen LogP contribution in [0.15, 0.2) is 40.8 Å². The molecule has 6 heteroatoms. The topological polar surface area (TPSA) is 68.4 Å². The van der Waals surface area contributed by atoms with Gasteiger partial charge in [0.2, 0.25) is 5.91 Å². The van der Waals surface area contributed by atoms with Crippen LogP contribution in [0.3, 0.4) is 0 Å². The molecule has 1 N–H and O–H groups in total. The molecule has 2 heterocycles. The van der Waals surface area contributed by atoms with Crippen LogP contribution in [0.4, 0.5) is 0 Å². The number of nitrogens with zero attached hydrogens (tertiary/aromatic N) is 3. The normalized spacial score (nSPS) is 21.1. The molecule has 1 fully saturated rings. The number of aryl methyl sites for hydroxylation is 1. The quantitative estimate of drug-likeness (QED) is 0.647. The maximum absolute atomic E-state index is 12.4. The van der Waals surface area contributed by atoms with Gasteiger partial charge in [0.1, 0.15) is 0 Å². The highest BCUT2D eigenvalue weighted by Crippen LogP contribution is 2.59. The van der Waals surface area contributed by atoms with Gasteiger partial charge >= 0.3 is 5.69 Å². The summed E-state index contributed by atoms with van der Waals surface area (Å²) in [6, 6.07) is 5.46. The first kappa shape index (κ1) is 17.5. The molecule has 134 valence electrons. The smallest absolute Gasteiger partial charge is 0.350 e. The molecular formula is C19H26N4O2. The van der Waals surface area contributed by atoms with Gasteiger partial charge < -0.3 is 5.32 Å². The highest BCUT2D eigenvalue weighted by molar-refractivity contribution is 5.83. The molecule has 2 atom stereocenters. The Morgan fingerprint density at radius 3 is 2.80 bits per heavy atom. The van der Waals surface area contributed by atoms with Gasteiger partial charge in [-0.3, -0.25) is 9.20 Å². The Hall–Kier alpha value is -2.37. The molecule has 1 aliphatic carbocycles. The van der Waals surface area contributed by atoms with Crippen LogP contribution in [0.5, 0.6) is 0 Å². The van der Waals surface area contributed by atoms with Gasteiger partial charge in [-0.1, -0.05) is 31.6 Å². The number of fused-ring (bicyclic) bond motifs is 1. The van der Waals surface area contributed by atoms with E-state index in [0.717, 1.165) is 0 Å². The van der Waals surface area contributed by atoms with Crippen molar-refractivity contribution in [3.05, 3.63) is 46.5 Å². The second-order valence-electron chi connectivity index (χ2n) is 7.65. The fraction of sp³-hybridized carbons (Fsp3) is 0.526. The lowest BCUT2D eigenvalue weighted by Gasteiger charge is -2.06. The van der Waals surface area contributed by atoms with Gasteiger partial charge in [-0.15, -0.1) is 5.10 Å². The lowest BCUT2D eigenvalue weighted by Crippen LogP contribution is -2.29. The van der Waals surface area contributed by atoms with Gasteiger partial charge in [0.15, 0.2) is 5.65 Å². The van der Waals surface area contributed by atoms with E-state index in [2.05, 4.69) is 44.2 Å². The summed E-state index contributed by atoms with van der Waals surface area (Å²) in [5.74, 6) is 0.466. The summed E-state index contributed by atoms with van der Waals surface area (Å²) in [4.78, 5) is 24.6. The summed E-state index contributed by atoms with van der Waals surface area (Å²) in [6.45, 7) is 9.45. The molecule has 0 bridgehead atoms. The molecule has 6 nitrogen and oxygen atoms in total. The van der Waals surface area contributed by atoms with E-state index >= 15 is 0 Å². The maximum atomic E-state index is 12.4. The van der Waals surface area contributed by atoms with E-state index in [1.54, 1.807) is 18.3 Å². The molecule has 0 saturated heterocycles. The minimum Gasteiger partial charge on any atom is -0.356 e. The molecule has 0 radical (unpaired) electrons. The SMILES string of the molecule is CC(C)=C[C@H]1[C@@H](C(=O)NCCCn2nc3ccccn3c2=O)C1(C)C. The van der Waals surface area contributed by atoms with Crippen molar-refractivity contribution < 1.29 is 4.79 Å². The lowest BCUT2D eigenvalue weighted by molar-refractivity contribution is -0.123. The minimum absolute atomic E-state index is 0.0277. The van der Waals surface area contributed by atoms with Crippen LogP contribution in [0.1, 0.15) is 34.1 Å². The number of allylic oxidation sites excluding steroid dienone is 2. The van der Waals surface area contributed by atoms with Crippen molar-refractivity contribution in [3.8, 4) is 0 Å². The minimum atomic E-state index is -0.145. The van der Waals surface area contributed by atoms with E-state index in [9.17, 15) is 9.59 Å². The Morgan fingerprint density at radius 2 is 2.12 bits per heavy atom. The van der Waals surface area contributed by atoms with Crippen LogP contribution < -0.4 is 11.0 Å². The largest absolute Gasteiger partial charge is 0.356 e. The monoisotopic (exact) mass is 342 g/mol. The zero-order valence-corrected chi connectivity index (χ0v) is 15.3. The van der Waals surface area contributed by atoms with E-state index in [4.69, 9.17) is 0 Å². The number of hydrogen-bond acceptors (Lipinski definition) is 3. The Kier molecular flexibility index (Phi) is 4.54. The highest BCUT2D eigenvalue weighted by atomic mass is 16.2. The summed E-state index contributed by atoms with van der Waals surface area (Å²) in [5, 5.41) is 7.30. The summed E-state index contributed by atoms with van der Waals surface area (Å²) in [7, 11) is 0. The first-order valence-corrected chi connectivity index (χ1v) is 8.79. The highest BCUT2D eigenvalue weighted by Gasteiger charge is 2.60. The van der Waals surface area contributed by atoms with Crippen molar-refractivity contribution >= 4 is 11.6 Å². The molecule has 2 aromatic heterocycles. The molecule has 1 saturated carbocycles. The van der Waals surface area contributed by atoms with Crippen molar-refractivity contribution in [2.45, 2.75) is 40.7 Å². The second-order valence-corrected chi connectivity index (χ2v) is 7.65. The Balaban J connectivity index is 1.52. The second kappa shape index (κ2) is 6.50.